The van der Waals surface area contributed by atoms with E-state index in [-0.39, 0.29) is 5.69 Å². The second-order valence-electron chi connectivity index (χ2n) is 3.60. The average Bonchev–Trinajstić information content (AvgIpc) is 2.70. The fourth-order valence-corrected chi connectivity index (χ4v) is 1.89. The predicted molar refractivity (Wildman–Crippen MR) is 57.6 cm³/mol. The molecule has 0 N–H and O–H groups in total. The van der Waals surface area contributed by atoms with Crippen LogP contribution in [0.1, 0.15) is 0 Å². The van der Waals surface area contributed by atoms with Crippen LogP contribution in [0.2, 0.25) is 0 Å². The summed E-state index contributed by atoms with van der Waals surface area (Å²) in [6.45, 7) is 0.870. The molecule has 0 bridgehead atoms. The first-order chi connectivity index (χ1) is 8.27. The van der Waals surface area contributed by atoms with Gasteiger partial charge in [0.05, 0.1) is 28.9 Å². The minimum Gasteiger partial charge on any atom is -0.484 e. The molecule has 1 aromatic heterocycles. The number of nitro benzene ring substituents is 1. The van der Waals surface area contributed by atoms with E-state index in [1.807, 2.05) is 0 Å². The molecule has 0 saturated carbocycles. The Hall–Kier alpha value is -2.44. The molecule has 3 rings (SSSR count). The first-order valence-electron chi connectivity index (χ1n) is 5.06. The molecule has 7 heteroatoms. The Morgan fingerprint density at radius 1 is 1.47 bits per heavy atom. The summed E-state index contributed by atoms with van der Waals surface area (Å²) in [4.78, 5) is 10.5. The van der Waals surface area contributed by atoms with Crippen molar-refractivity contribution >= 4 is 5.69 Å². The zero-order valence-electron chi connectivity index (χ0n) is 8.74. The van der Waals surface area contributed by atoms with Crippen LogP contribution in [-0.4, -0.2) is 26.5 Å². The summed E-state index contributed by atoms with van der Waals surface area (Å²) in [5.74, 6) is 0.290. The summed E-state index contributed by atoms with van der Waals surface area (Å²) in [6.07, 6.45) is 1.58. The molecule has 7 nitrogen and oxygen atoms in total. The SMILES string of the molecule is O=[N+]([O-])c1cccc2c1OCCn1nncc1-2. The van der Waals surface area contributed by atoms with Gasteiger partial charge in [-0.2, -0.15) is 0 Å². The van der Waals surface area contributed by atoms with Crippen molar-refractivity contribution in [3.63, 3.8) is 0 Å². The van der Waals surface area contributed by atoms with Gasteiger partial charge >= 0.3 is 5.69 Å². The Kier molecular flexibility index (Phi) is 2.04. The average molecular weight is 232 g/mol. The molecule has 0 atom stereocenters. The fraction of sp³-hybridized carbons (Fsp3) is 0.200. The van der Waals surface area contributed by atoms with Gasteiger partial charge in [0.1, 0.15) is 6.61 Å². The van der Waals surface area contributed by atoms with Crippen molar-refractivity contribution in [2.24, 2.45) is 0 Å². The van der Waals surface area contributed by atoms with Crippen LogP contribution in [0.3, 0.4) is 0 Å². The van der Waals surface area contributed by atoms with Crippen LogP contribution < -0.4 is 4.74 Å². The molecule has 0 saturated heterocycles. The maximum Gasteiger partial charge on any atom is 0.311 e. The number of para-hydroxylation sites is 1. The highest BCUT2D eigenvalue weighted by molar-refractivity contribution is 5.73. The number of ether oxygens (including phenoxy) is 1. The van der Waals surface area contributed by atoms with E-state index in [1.54, 1.807) is 23.0 Å². The highest BCUT2D eigenvalue weighted by Gasteiger charge is 2.24. The molecule has 0 fully saturated rings. The lowest BCUT2D eigenvalue weighted by Crippen LogP contribution is -2.07. The molecular weight excluding hydrogens is 224 g/mol. The highest BCUT2D eigenvalue weighted by Crippen LogP contribution is 2.38. The Labute approximate surface area is 95.8 Å². The van der Waals surface area contributed by atoms with Crippen LogP contribution in [0.4, 0.5) is 5.69 Å². The zero-order chi connectivity index (χ0) is 11.8. The lowest BCUT2D eigenvalue weighted by atomic mass is 10.1. The van der Waals surface area contributed by atoms with Crippen molar-refractivity contribution in [2.45, 2.75) is 6.54 Å². The molecular formula is C10H8N4O3. The van der Waals surface area contributed by atoms with Gasteiger partial charge < -0.3 is 4.74 Å². The standard InChI is InChI=1S/C10H8N4O3/c15-14(16)8-3-1-2-7-9-6-11-12-13(9)4-5-17-10(7)8/h1-3,6H,4-5H2. The molecule has 1 aromatic carbocycles. The van der Waals surface area contributed by atoms with Gasteiger partial charge in [-0.15, -0.1) is 5.10 Å². The van der Waals surface area contributed by atoms with Gasteiger partial charge in [0.15, 0.2) is 0 Å². The molecule has 1 aliphatic heterocycles. The molecule has 1 aliphatic rings. The van der Waals surface area contributed by atoms with Crippen molar-refractivity contribution in [1.82, 2.24) is 15.0 Å². The quantitative estimate of drug-likeness (QED) is 0.545. The van der Waals surface area contributed by atoms with E-state index in [0.29, 0.717) is 24.5 Å². The molecule has 17 heavy (non-hydrogen) atoms. The zero-order valence-corrected chi connectivity index (χ0v) is 8.74. The van der Waals surface area contributed by atoms with Gasteiger partial charge in [0.25, 0.3) is 0 Å². The molecule has 0 spiro atoms. The second kappa shape index (κ2) is 3.55. The third kappa shape index (κ3) is 1.43. The first kappa shape index (κ1) is 9.76. The Balaban J connectivity index is 2.27. The minimum absolute atomic E-state index is 0.0304. The third-order valence-corrected chi connectivity index (χ3v) is 2.63. The van der Waals surface area contributed by atoms with Gasteiger partial charge in [-0.1, -0.05) is 11.3 Å². The van der Waals surface area contributed by atoms with Gasteiger partial charge in [-0.3, -0.25) is 10.1 Å². The van der Waals surface area contributed by atoms with Crippen molar-refractivity contribution in [3.8, 4) is 17.0 Å². The summed E-state index contributed by atoms with van der Waals surface area (Å²) >= 11 is 0. The minimum atomic E-state index is -0.446. The Bertz CT molecular complexity index is 593. The van der Waals surface area contributed by atoms with E-state index >= 15 is 0 Å². The Morgan fingerprint density at radius 3 is 3.18 bits per heavy atom. The molecule has 0 aliphatic carbocycles. The molecule has 0 amide bonds. The monoisotopic (exact) mass is 232 g/mol. The number of aromatic nitrogens is 3. The maximum absolute atomic E-state index is 10.9. The number of fused-ring (bicyclic) bond motifs is 3. The number of hydrogen-bond acceptors (Lipinski definition) is 5. The molecule has 0 radical (unpaired) electrons. The van der Waals surface area contributed by atoms with Gasteiger partial charge in [0, 0.05) is 6.07 Å². The van der Waals surface area contributed by atoms with Crippen molar-refractivity contribution in [2.75, 3.05) is 6.61 Å². The number of rotatable bonds is 1. The van der Waals surface area contributed by atoms with Crippen LogP contribution in [0.25, 0.3) is 11.3 Å². The number of hydrogen-bond donors (Lipinski definition) is 0. The molecule has 0 unspecified atom stereocenters. The van der Waals surface area contributed by atoms with E-state index in [4.69, 9.17) is 4.74 Å². The normalized spacial score (nSPS) is 13.2. The largest absolute Gasteiger partial charge is 0.484 e. The van der Waals surface area contributed by atoms with Crippen LogP contribution in [-0.2, 0) is 6.54 Å². The fourth-order valence-electron chi connectivity index (χ4n) is 1.89. The first-order valence-corrected chi connectivity index (χ1v) is 5.06. The number of benzene rings is 1. The van der Waals surface area contributed by atoms with Gasteiger partial charge in [-0.05, 0) is 6.07 Å². The van der Waals surface area contributed by atoms with E-state index in [1.165, 1.54) is 6.07 Å². The van der Waals surface area contributed by atoms with E-state index < -0.39 is 4.92 Å². The number of nitro groups is 1. The number of nitrogens with zero attached hydrogens (tertiary/aromatic N) is 4. The molecule has 2 aromatic rings. The maximum atomic E-state index is 10.9. The summed E-state index contributed by atoms with van der Waals surface area (Å²) in [5.41, 5.74) is 1.36. The summed E-state index contributed by atoms with van der Waals surface area (Å²) in [6, 6.07) is 4.82. The van der Waals surface area contributed by atoms with Crippen molar-refractivity contribution in [1.29, 1.82) is 0 Å². The predicted octanol–water partition coefficient (Wildman–Crippen LogP) is 1.25. The van der Waals surface area contributed by atoms with E-state index in [9.17, 15) is 10.1 Å². The lowest BCUT2D eigenvalue weighted by Gasteiger charge is -2.05. The van der Waals surface area contributed by atoms with Crippen LogP contribution in [0, 0.1) is 10.1 Å². The summed E-state index contributed by atoms with van der Waals surface area (Å²) < 4.78 is 7.13. The van der Waals surface area contributed by atoms with Crippen molar-refractivity contribution in [3.05, 3.63) is 34.5 Å². The van der Waals surface area contributed by atoms with Crippen LogP contribution in [0.15, 0.2) is 24.4 Å². The molecule has 2 heterocycles. The lowest BCUT2D eigenvalue weighted by molar-refractivity contribution is -0.385. The second-order valence-corrected chi connectivity index (χ2v) is 3.60. The van der Waals surface area contributed by atoms with E-state index in [0.717, 1.165) is 5.69 Å². The van der Waals surface area contributed by atoms with Crippen LogP contribution in [0.5, 0.6) is 5.75 Å². The molecule has 86 valence electrons. The van der Waals surface area contributed by atoms with Gasteiger partial charge in [-0.25, -0.2) is 4.68 Å². The third-order valence-electron chi connectivity index (χ3n) is 2.63. The van der Waals surface area contributed by atoms with Gasteiger partial charge in [0.2, 0.25) is 5.75 Å². The smallest absolute Gasteiger partial charge is 0.311 e. The topological polar surface area (TPSA) is 83.1 Å². The van der Waals surface area contributed by atoms with Crippen molar-refractivity contribution < 1.29 is 9.66 Å². The summed E-state index contributed by atoms with van der Waals surface area (Å²) in [5, 5.41) is 18.6. The van der Waals surface area contributed by atoms with Crippen LogP contribution >= 0.6 is 0 Å². The highest BCUT2D eigenvalue weighted by atomic mass is 16.6. The van der Waals surface area contributed by atoms with E-state index in [2.05, 4.69) is 10.3 Å². The Morgan fingerprint density at radius 2 is 2.35 bits per heavy atom. The summed E-state index contributed by atoms with van der Waals surface area (Å²) in [7, 11) is 0.